The van der Waals surface area contributed by atoms with E-state index in [1.54, 1.807) is 19.0 Å². The smallest absolute Gasteiger partial charge is 0.255 e. The molecular weight excluding hydrogens is 449 g/mol. The number of amides is 1. The summed E-state index contributed by atoms with van der Waals surface area (Å²) >= 11 is 0. The summed E-state index contributed by atoms with van der Waals surface area (Å²) in [6.45, 7) is 0. The minimum absolute atomic E-state index is 0.0310. The fraction of sp³-hybridized carbons (Fsp3) is 0.435. The summed E-state index contributed by atoms with van der Waals surface area (Å²) in [7, 11) is 6.36. The molecule has 11 heteroatoms. The van der Waals surface area contributed by atoms with Gasteiger partial charge in [-0.05, 0) is 38.4 Å². The molecule has 0 aromatic heterocycles. The number of benzene rings is 1. The molecule has 6 N–H and O–H groups in total. The van der Waals surface area contributed by atoms with E-state index in [1.807, 2.05) is 0 Å². The van der Waals surface area contributed by atoms with Crippen LogP contribution in [0.1, 0.15) is 17.5 Å². The number of likely N-dealkylation sites (N-methyl/N-ethyl adjacent to an activating group) is 1. The van der Waals surface area contributed by atoms with Crippen LogP contribution in [0.2, 0.25) is 0 Å². The maximum atomic E-state index is 14.5. The van der Waals surface area contributed by atoms with Gasteiger partial charge < -0.3 is 31.1 Å². The lowest BCUT2D eigenvalue weighted by atomic mass is 9.57. The van der Waals surface area contributed by atoms with Crippen molar-refractivity contribution in [3.63, 3.8) is 0 Å². The fourth-order valence-electron chi connectivity index (χ4n) is 5.66. The molecule has 0 radical (unpaired) electrons. The number of aromatic hydroxyl groups is 1. The average Bonchev–Trinajstić information content (AvgIpc) is 2.72. The third-order valence-electron chi connectivity index (χ3n) is 7.13. The third-order valence-corrected chi connectivity index (χ3v) is 7.13. The number of ketones is 2. The number of carbonyl (C=O) groups excluding carboxylic acids is 3. The highest BCUT2D eigenvalue weighted by atomic mass is 19.1. The standard InChI is InChI=1S/C23H26FN3O7/c1-26(2)12-7-11(24)17(28)14-9(12)5-8-6-10-16(27(3)4)19(30)15(22(25)33)21(32)23(10,34)20(31)13(8)18(14)29/h7-8,10,16,28-29,32,34H,5-6H2,1-4H3,(H2,25,33). The predicted molar refractivity (Wildman–Crippen MR) is 119 cm³/mol. The number of fused-ring (bicyclic) bond motifs is 3. The predicted octanol–water partition coefficient (Wildman–Crippen LogP) is 0.169. The van der Waals surface area contributed by atoms with Crippen molar-refractivity contribution in [3.05, 3.63) is 39.9 Å². The first kappa shape index (κ1) is 23.7. The van der Waals surface area contributed by atoms with Crippen molar-refractivity contribution in [1.82, 2.24) is 4.90 Å². The maximum Gasteiger partial charge on any atom is 0.255 e. The van der Waals surface area contributed by atoms with Crippen molar-refractivity contribution in [2.45, 2.75) is 24.5 Å². The Morgan fingerprint density at radius 2 is 1.79 bits per heavy atom. The van der Waals surface area contributed by atoms with Gasteiger partial charge in [-0.15, -0.1) is 0 Å². The number of Topliss-reactive ketones (excluding diaryl/α,β-unsaturated/α-hetero) is 2. The van der Waals surface area contributed by atoms with Crippen LogP contribution in [0, 0.1) is 17.7 Å². The number of hydrogen-bond donors (Lipinski definition) is 5. The van der Waals surface area contributed by atoms with E-state index in [4.69, 9.17) is 5.73 Å². The molecule has 1 fully saturated rings. The zero-order valence-corrected chi connectivity index (χ0v) is 19.1. The van der Waals surface area contributed by atoms with Crippen LogP contribution in [0.4, 0.5) is 10.1 Å². The zero-order chi connectivity index (χ0) is 25.4. The highest BCUT2D eigenvalue weighted by molar-refractivity contribution is 6.24. The third kappa shape index (κ3) is 2.90. The molecule has 4 atom stereocenters. The van der Waals surface area contributed by atoms with E-state index in [1.165, 1.54) is 19.0 Å². The minimum Gasteiger partial charge on any atom is -0.508 e. The highest BCUT2D eigenvalue weighted by Crippen LogP contribution is 2.53. The Morgan fingerprint density at radius 3 is 2.32 bits per heavy atom. The van der Waals surface area contributed by atoms with Gasteiger partial charge in [0.2, 0.25) is 5.78 Å². The molecule has 1 aromatic rings. The summed E-state index contributed by atoms with van der Waals surface area (Å²) in [6.07, 6.45) is 0.0622. The molecule has 0 bridgehead atoms. The van der Waals surface area contributed by atoms with E-state index >= 15 is 0 Å². The number of rotatable bonds is 3. The number of aliphatic hydroxyl groups excluding tert-OH is 2. The monoisotopic (exact) mass is 475 g/mol. The Hall–Kier alpha value is -3.44. The Kier molecular flexibility index (Phi) is 5.26. The largest absolute Gasteiger partial charge is 0.508 e. The van der Waals surface area contributed by atoms with Crippen LogP contribution in [0.25, 0.3) is 5.76 Å². The lowest BCUT2D eigenvalue weighted by Crippen LogP contribution is -2.65. The summed E-state index contributed by atoms with van der Waals surface area (Å²) in [6, 6.07) is -0.0409. The van der Waals surface area contributed by atoms with E-state index < -0.39 is 69.6 Å². The van der Waals surface area contributed by atoms with Crippen LogP contribution in [0.15, 0.2) is 23.0 Å². The van der Waals surface area contributed by atoms with Crippen molar-refractivity contribution in [3.8, 4) is 5.75 Å². The number of phenols is 1. The molecule has 1 saturated carbocycles. The Balaban J connectivity index is 2.01. The molecule has 1 amide bonds. The first-order valence-corrected chi connectivity index (χ1v) is 10.6. The number of aliphatic hydroxyl groups is 3. The van der Waals surface area contributed by atoms with E-state index in [0.29, 0.717) is 11.3 Å². The average molecular weight is 475 g/mol. The quantitative estimate of drug-likeness (QED) is 0.383. The van der Waals surface area contributed by atoms with Crippen LogP contribution in [0.5, 0.6) is 5.75 Å². The van der Waals surface area contributed by atoms with Gasteiger partial charge in [-0.25, -0.2) is 4.39 Å². The van der Waals surface area contributed by atoms with Crippen molar-refractivity contribution in [2.24, 2.45) is 17.6 Å². The molecule has 34 heavy (non-hydrogen) atoms. The minimum atomic E-state index is -2.72. The molecule has 10 nitrogen and oxygen atoms in total. The lowest BCUT2D eigenvalue weighted by Gasteiger charge is -2.50. The van der Waals surface area contributed by atoms with Gasteiger partial charge in [-0.3, -0.25) is 19.3 Å². The number of carbonyl (C=O) groups is 3. The number of nitrogens with zero attached hydrogens (tertiary/aromatic N) is 2. The van der Waals surface area contributed by atoms with Gasteiger partial charge in [-0.2, -0.15) is 0 Å². The zero-order valence-electron chi connectivity index (χ0n) is 19.1. The molecule has 1 aromatic carbocycles. The van der Waals surface area contributed by atoms with E-state index in [2.05, 4.69) is 0 Å². The first-order valence-electron chi connectivity index (χ1n) is 10.6. The van der Waals surface area contributed by atoms with Crippen molar-refractivity contribution in [2.75, 3.05) is 33.1 Å². The summed E-state index contributed by atoms with van der Waals surface area (Å²) < 4.78 is 14.5. The van der Waals surface area contributed by atoms with Gasteiger partial charge in [0.15, 0.2) is 23.0 Å². The van der Waals surface area contributed by atoms with Crippen LogP contribution in [-0.2, 0) is 20.8 Å². The van der Waals surface area contributed by atoms with E-state index in [0.717, 1.165) is 6.07 Å². The van der Waals surface area contributed by atoms with Crippen molar-refractivity contribution in [1.29, 1.82) is 0 Å². The molecule has 0 saturated heterocycles. The summed E-state index contributed by atoms with van der Waals surface area (Å²) in [5, 5.41) is 43.7. The second-order valence-corrected chi connectivity index (χ2v) is 9.44. The first-order chi connectivity index (χ1) is 15.7. The summed E-state index contributed by atoms with van der Waals surface area (Å²) in [4.78, 5) is 41.7. The lowest BCUT2D eigenvalue weighted by molar-refractivity contribution is -0.153. The molecule has 3 aliphatic rings. The molecular formula is C23H26FN3O7. The number of anilines is 1. The van der Waals surface area contributed by atoms with Crippen LogP contribution in [0.3, 0.4) is 0 Å². The van der Waals surface area contributed by atoms with E-state index in [-0.39, 0.29) is 24.0 Å². The van der Waals surface area contributed by atoms with Crippen LogP contribution in [-0.4, -0.2) is 82.6 Å². The number of phenolic OH excluding ortho intramolecular Hbond substituents is 1. The van der Waals surface area contributed by atoms with Crippen molar-refractivity contribution >= 4 is 28.9 Å². The molecule has 0 spiro atoms. The Morgan fingerprint density at radius 1 is 1.18 bits per heavy atom. The van der Waals surface area contributed by atoms with Crippen molar-refractivity contribution < 1.29 is 39.2 Å². The Labute approximate surface area is 194 Å². The summed E-state index contributed by atoms with van der Waals surface area (Å²) in [5.41, 5.74) is 1.85. The van der Waals surface area contributed by atoms with Gasteiger partial charge in [0.1, 0.15) is 17.1 Å². The molecule has 4 unspecified atom stereocenters. The molecule has 0 heterocycles. The van der Waals surface area contributed by atoms with Gasteiger partial charge in [0, 0.05) is 37.3 Å². The van der Waals surface area contributed by atoms with Gasteiger partial charge in [-0.1, -0.05) is 0 Å². The maximum absolute atomic E-state index is 14.5. The van der Waals surface area contributed by atoms with Gasteiger partial charge in [0.25, 0.3) is 5.91 Å². The van der Waals surface area contributed by atoms with E-state index in [9.17, 15) is 39.2 Å². The normalized spacial score (nSPS) is 28.6. The second kappa shape index (κ2) is 7.54. The summed E-state index contributed by atoms with van der Waals surface area (Å²) in [5.74, 6) is -8.90. The number of hydrogen-bond acceptors (Lipinski definition) is 9. The molecule has 0 aliphatic heterocycles. The Bertz CT molecular complexity index is 1220. The molecule has 3 aliphatic carbocycles. The molecule has 182 valence electrons. The second-order valence-electron chi connectivity index (χ2n) is 9.44. The number of primary amides is 1. The number of halogens is 1. The number of nitrogens with two attached hydrogens (primary N) is 1. The van der Waals surface area contributed by atoms with Gasteiger partial charge >= 0.3 is 0 Å². The van der Waals surface area contributed by atoms with Crippen LogP contribution >= 0.6 is 0 Å². The topological polar surface area (TPSA) is 165 Å². The fourth-order valence-corrected chi connectivity index (χ4v) is 5.66. The van der Waals surface area contributed by atoms with Gasteiger partial charge in [0.05, 0.1) is 11.6 Å². The van der Waals surface area contributed by atoms with Crippen LogP contribution < -0.4 is 10.6 Å². The molecule has 4 rings (SSSR count). The highest BCUT2D eigenvalue weighted by Gasteiger charge is 2.64. The SMILES string of the molecule is CN(C)c1cc(F)c(O)c2c1CC1CC3C(N(C)C)C(=O)C(C(N)=O)=C(O)C3(O)C(=O)C1=C2O.